The number of nitrogens with zero attached hydrogens (tertiary/aromatic N) is 1. The maximum absolute atomic E-state index is 5.87. The zero-order chi connectivity index (χ0) is 12.1. The molecule has 0 N–H and O–H groups in total. The van der Waals surface area contributed by atoms with Crippen LogP contribution in [0.25, 0.3) is 0 Å². The Morgan fingerprint density at radius 2 is 2.12 bits per heavy atom. The summed E-state index contributed by atoms with van der Waals surface area (Å²) < 4.78 is 7.11. The quantitative estimate of drug-likeness (QED) is 0.776. The van der Waals surface area contributed by atoms with Crippen LogP contribution in [0.1, 0.15) is 19.8 Å². The van der Waals surface area contributed by atoms with Gasteiger partial charge >= 0.3 is 0 Å². The highest BCUT2D eigenvalue weighted by atomic mass is 127. The summed E-state index contributed by atoms with van der Waals surface area (Å²) in [6.45, 7) is 6.76. The summed E-state index contributed by atoms with van der Waals surface area (Å²) in [5, 5.41) is 0. The molecule has 0 atom stereocenters. The van der Waals surface area contributed by atoms with Crippen LogP contribution in [0, 0.1) is 9.49 Å². The molecule has 1 aliphatic rings. The van der Waals surface area contributed by atoms with Crippen molar-refractivity contribution < 1.29 is 4.74 Å². The second-order valence-electron chi connectivity index (χ2n) is 4.65. The first kappa shape index (κ1) is 13.1. The predicted octanol–water partition coefficient (Wildman–Crippen LogP) is 3.40. The number of likely N-dealkylation sites (tertiary alicyclic amines) is 1. The third kappa shape index (κ3) is 4.14. The van der Waals surface area contributed by atoms with Gasteiger partial charge in [0.2, 0.25) is 0 Å². The van der Waals surface area contributed by atoms with E-state index < -0.39 is 0 Å². The molecule has 17 heavy (non-hydrogen) atoms. The van der Waals surface area contributed by atoms with Crippen molar-refractivity contribution in [1.29, 1.82) is 0 Å². The third-order valence-electron chi connectivity index (χ3n) is 3.44. The van der Waals surface area contributed by atoms with E-state index >= 15 is 0 Å². The van der Waals surface area contributed by atoms with Crippen molar-refractivity contribution in [1.82, 2.24) is 4.90 Å². The van der Waals surface area contributed by atoms with Crippen LogP contribution in [-0.2, 0) is 0 Å². The number of ether oxygens (including phenoxy) is 1. The lowest BCUT2D eigenvalue weighted by Gasteiger charge is -2.30. The molecule has 0 amide bonds. The molecule has 0 spiro atoms. The summed E-state index contributed by atoms with van der Waals surface area (Å²) in [6, 6.07) is 8.29. The topological polar surface area (TPSA) is 12.5 Å². The summed E-state index contributed by atoms with van der Waals surface area (Å²) in [5.74, 6) is 1.74. The average Bonchev–Trinajstić information content (AvgIpc) is 2.37. The van der Waals surface area contributed by atoms with Gasteiger partial charge in [0.15, 0.2) is 0 Å². The van der Waals surface area contributed by atoms with Crippen LogP contribution in [0.2, 0.25) is 0 Å². The van der Waals surface area contributed by atoms with Crippen LogP contribution < -0.4 is 4.74 Å². The van der Waals surface area contributed by atoms with E-state index in [4.69, 9.17) is 4.74 Å². The van der Waals surface area contributed by atoms with Gasteiger partial charge < -0.3 is 9.64 Å². The molecular weight excluding hydrogens is 325 g/mol. The minimum absolute atomic E-state index is 0.732. The van der Waals surface area contributed by atoms with E-state index in [-0.39, 0.29) is 0 Å². The molecule has 1 saturated heterocycles. The fraction of sp³-hybridized carbons (Fsp3) is 0.571. The number of hydrogen-bond donors (Lipinski definition) is 0. The van der Waals surface area contributed by atoms with E-state index in [1.54, 1.807) is 0 Å². The van der Waals surface area contributed by atoms with Crippen molar-refractivity contribution in [3.05, 3.63) is 27.8 Å². The van der Waals surface area contributed by atoms with Gasteiger partial charge in [-0.3, -0.25) is 0 Å². The third-order valence-corrected chi connectivity index (χ3v) is 4.11. The van der Waals surface area contributed by atoms with Crippen molar-refractivity contribution in [2.24, 2.45) is 5.92 Å². The SMILES string of the molecule is CCN1CCC(COc2cccc(I)c2)CC1. The number of halogens is 1. The van der Waals surface area contributed by atoms with Crippen LogP contribution in [0.15, 0.2) is 24.3 Å². The van der Waals surface area contributed by atoms with Gasteiger partial charge in [-0.1, -0.05) is 13.0 Å². The molecule has 1 aliphatic heterocycles. The molecule has 1 aromatic rings. The fourth-order valence-corrected chi connectivity index (χ4v) is 2.75. The highest BCUT2D eigenvalue weighted by Gasteiger charge is 2.18. The number of piperidine rings is 1. The first-order valence-corrected chi connectivity index (χ1v) is 7.46. The Balaban J connectivity index is 1.76. The van der Waals surface area contributed by atoms with Crippen LogP contribution >= 0.6 is 22.6 Å². The number of benzene rings is 1. The average molecular weight is 345 g/mol. The Hall–Kier alpha value is -0.290. The van der Waals surface area contributed by atoms with Gasteiger partial charge in [0.1, 0.15) is 5.75 Å². The lowest BCUT2D eigenvalue weighted by molar-refractivity contribution is 0.146. The number of rotatable bonds is 4. The molecule has 1 aromatic carbocycles. The Labute approximate surface area is 117 Å². The summed E-state index contributed by atoms with van der Waals surface area (Å²) in [5.41, 5.74) is 0. The highest BCUT2D eigenvalue weighted by Crippen LogP contribution is 2.20. The normalized spacial score (nSPS) is 18.2. The van der Waals surface area contributed by atoms with E-state index in [9.17, 15) is 0 Å². The second-order valence-corrected chi connectivity index (χ2v) is 5.89. The van der Waals surface area contributed by atoms with Gasteiger partial charge in [-0.2, -0.15) is 0 Å². The van der Waals surface area contributed by atoms with Crippen molar-refractivity contribution in [2.75, 3.05) is 26.2 Å². The van der Waals surface area contributed by atoms with Crippen molar-refractivity contribution in [2.45, 2.75) is 19.8 Å². The van der Waals surface area contributed by atoms with Crippen molar-refractivity contribution in [3.8, 4) is 5.75 Å². The summed E-state index contributed by atoms with van der Waals surface area (Å²) >= 11 is 2.32. The molecule has 0 aliphatic carbocycles. The molecule has 94 valence electrons. The van der Waals surface area contributed by atoms with Crippen LogP contribution in [0.4, 0.5) is 0 Å². The zero-order valence-corrected chi connectivity index (χ0v) is 12.5. The maximum atomic E-state index is 5.87. The second kappa shape index (κ2) is 6.59. The minimum atomic E-state index is 0.732. The van der Waals surface area contributed by atoms with Gasteiger partial charge in [0.05, 0.1) is 6.61 Å². The molecule has 2 rings (SSSR count). The summed E-state index contributed by atoms with van der Waals surface area (Å²) in [4.78, 5) is 2.52. The van der Waals surface area contributed by atoms with E-state index in [0.717, 1.165) is 18.3 Å². The molecule has 0 radical (unpaired) electrons. The smallest absolute Gasteiger partial charge is 0.120 e. The fourth-order valence-electron chi connectivity index (χ4n) is 2.24. The Morgan fingerprint density at radius 3 is 2.76 bits per heavy atom. The Kier molecular flexibility index (Phi) is 5.10. The zero-order valence-electron chi connectivity index (χ0n) is 10.4. The standard InChI is InChI=1S/C14H20INO/c1-2-16-8-6-12(7-9-16)11-17-14-5-3-4-13(15)10-14/h3-5,10,12H,2,6-9,11H2,1H3. The first-order valence-electron chi connectivity index (χ1n) is 6.38. The highest BCUT2D eigenvalue weighted by molar-refractivity contribution is 14.1. The Morgan fingerprint density at radius 1 is 1.35 bits per heavy atom. The van der Waals surface area contributed by atoms with Gasteiger partial charge in [-0.25, -0.2) is 0 Å². The molecule has 1 fully saturated rings. The molecule has 0 bridgehead atoms. The molecule has 0 aromatic heterocycles. The predicted molar refractivity (Wildman–Crippen MR) is 79.5 cm³/mol. The van der Waals surface area contributed by atoms with Crippen LogP contribution in [0.3, 0.4) is 0 Å². The Bertz CT molecular complexity index is 348. The van der Waals surface area contributed by atoms with Gasteiger partial charge in [-0.15, -0.1) is 0 Å². The minimum Gasteiger partial charge on any atom is -0.493 e. The van der Waals surface area contributed by atoms with Gasteiger partial charge in [0.25, 0.3) is 0 Å². The molecular formula is C14H20INO. The van der Waals surface area contributed by atoms with Gasteiger partial charge in [0, 0.05) is 3.57 Å². The van der Waals surface area contributed by atoms with E-state index in [0.29, 0.717) is 0 Å². The summed E-state index contributed by atoms with van der Waals surface area (Å²) in [6.07, 6.45) is 2.55. The molecule has 0 unspecified atom stereocenters. The van der Waals surface area contributed by atoms with Crippen molar-refractivity contribution in [3.63, 3.8) is 0 Å². The lowest BCUT2D eigenvalue weighted by Crippen LogP contribution is -2.35. The molecule has 2 nitrogen and oxygen atoms in total. The molecule has 0 saturated carbocycles. The monoisotopic (exact) mass is 345 g/mol. The van der Waals surface area contributed by atoms with Gasteiger partial charge in [-0.05, 0) is 79.2 Å². The molecule has 3 heteroatoms. The maximum Gasteiger partial charge on any atom is 0.120 e. The van der Waals surface area contributed by atoms with Crippen molar-refractivity contribution >= 4 is 22.6 Å². The molecule has 1 heterocycles. The van der Waals surface area contributed by atoms with Crippen LogP contribution in [-0.4, -0.2) is 31.1 Å². The van der Waals surface area contributed by atoms with E-state index in [1.807, 2.05) is 6.07 Å². The van der Waals surface area contributed by atoms with Crippen LogP contribution in [0.5, 0.6) is 5.75 Å². The first-order chi connectivity index (χ1) is 8.28. The lowest BCUT2D eigenvalue weighted by atomic mass is 9.98. The van der Waals surface area contributed by atoms with E-state index in [1.165, 1.54) is 36.0 Å². The van der Waals surface area contributed by atoms with E-state index in [2.05, 4.69) is 52.6 Å². The summed E-state index contributed by atoms with van der Waals surface area (Å²) in [7, 11) is 0. The number of hydrogen-bond acceptors (Lipinski definition) is 2. The largest absolute Gasteiger partial charge is 0.493 e.